The van der Waals surface area contributed by atoms with E-state index < -0.39 is 0 Å². The highest BCUT2D eigenvalue weighted by molar-refractivity contribution is 5.75. The van der Waals surface area contributed by atoms with Crippen LogP contribution in [0.3, 0.4) is 0 Å². The van der Waals surface area contributed by atoms with Crippen LogP contribution in [-0.2, 0) is 4.79 Å². The average molecular weight is 227 g/mol. The molecule has 4 N–H and O–H groups in total. The van der Waals surface area contributed by atoms with Gasteiger partial charge in [0.15, 0.2) is 0 Å². The summed E-state index contributed by atoms with van der Waals surface area (Å²) >= 11 is 0. The fourth-order valence-electron chi connectivity index (χ4n) is 2.51. The van der Waals surface area contributed by atoms with Crippen molar-refractivity contribution in [3.63, 3.8) is 0 Å². The zero-order chi connectivity index (χ0) is 11.8. The highest BCUT2D eigenvalue weighted by atomic mass is 16.1. The van der Waals surface area contributed by atoms with Gasteiger partial charge >= 0.3 is 0 Å². The Labute approximate surface area is 98.3 Å². The maximum absolute atomic E-state index is 11.1. The Morgan fingerprint density at radius 2 is 1.81 bits per heavy atom. The van der Waals surface area contributed by atoms with Crippen molar-refractivity contribution in [2.24, 2.45) is 11.5 Å². The van der Waals surface area contributed by atoms with Crippen molar-refractivity contribution in [1.29, 1.82) is 0 Å². The Bertz CT molecular complexity index is 200. The van der Waals surface area contributed by atoms with Crippen LogP contribution in [0.4, 0.5) is 0 Å². The largest absolute Gasteiger partial charge is 0.369 e. The summed E-state index contributed by atoms with van der Waals surface area (Å²) in [5.74, 6) is -0.221. The van der Waals surface area contributed by atoms with Gasteiger partial charge in [0, 0.05) is 12.6 Å². The molecule has 0 aliphatic heterocycles. The monoisotopic (exact) mass is 227 g/mol. The van der Waals surface area contributed by atoms with Crippen LogP contribution in [0, 0.1) is 0 Å². The van der Waals surface area contributed by atoms with E-state index in [0.717, 1.165) is 13.0 Å². The SMILES string of the molecule is NCCCN(CC(N)=O)C1CCCCCC1. The van der Waals surface area contributed by atoms with Gasteiger partial charge in [0.05, 0.1) is 6.54 Å². The first-order chi connectivity index (χ1) is 7.74. The summed E-state index contributed by atoms with van der Waals surface area (Å²) in [4.78, 5) is 13.3. The Hall–Kier alpha value is -0.610. The van der Waals surface area contributed by atoms with Crippen LogP contribution in [-0.4, -0.2) is 36.5 Å². The molecule has 94 valence electrons. The normalized spacial score (nSPS) is 18.6. The van der Waals surface area contributed by atoms with Crippen molar-refractivity contribution in [2.75, 3.05) is 19.6 Å². The van der Waals surface area contributed by atoms with Crippen LogP contribution in [0.5, 0.6) is 0 Å². The molecular formula is C12H25N3O. The molecule has 1 rings (SSSR count). The fourth-order valence-corrected chi connectivity index (χ4v) is 2.51. The van der Waals surface area contributed by atoms with E-state index in [1.807, 2.05) is 0 Å². The second-order valence-electron chi connectivity index (χ2n) is 4.72. The average Bonchev–Trinajstić information content (AvgIpc) is 2.52. The van der Waals surface area contributed by atoms with Crippen LogP contribution in [0.1, 0.15) is 44.9 Å². The highest BCUT2D eigenvalue weighted by Crippen LogP contribution is 2.21. The smallest absolute Gasteiger partial charge is 0.231 e. The Morgan fingerprint density at radius 1 is 1.19 bits per heavy atom. The molecule has 0 radical (unpaired) electrons. The van der Waals surface area contributed by atoms with E-state index in [2.05, 4.69) is 4.90 Å². The standard InChI is InChI=1S/C12H25N3O/c13-8-5-9-15(10-12(14)16)11-6-3-1-2-4-7-11/h11H,1-10,13H2,(H2,14,16). The van der Waals surface area contributed by atoms with Crippen LogP contribution < -0.4 is 11.5 Å². The van der Waals surface area contributed by atoms with Crippen LogP contribution in [0.2, 0.25) is 0 Å². The van der Waals surface area contributed by atoms with Gasteiger partial charge in [0.25, 0.3) is 0 Å². The number of nitrogens with zero attached hydrogens (tertiary/aromatic N) is 1. The quantitative estimate of drug-likeness (QED) is 0.661. The van der Waals surface area contributed by atoms with Gasteiger partial charge in [0.2, 0.25) is 5.91 Å². The Morgan fingerprint density at radius 3 is 2.31 bits per heavy atom. The minimum Gasteiger partial charge on any atom is -0.369 e. The van der Waals surface area contributed by atoms with Crippen LogP contribution in [0.25, 0.3) is 0 Å². The van der Waals surface area contributed by atoms with Crippen molar-refractivity contribution in [3.8, 4) is 0 Å². The number of hydrogen-bond donors (Lipinski definition) is 2. The van der Waals surface area contributed by atoms with Gasteiger partial charge in [-0.1, -0.05) is 25.7 Å². The Kier molecular flexibility index (Phi) is 6.42. The van der Waals surface area contributed by atoms with E-state index in [0.29, 0.717) is 19.1 Å². The van der Waals surface area contributed by atoms with Crippen molar-refractivity contribution >= 4 is 5.91 Å². The number of rotatable bonds is 6. The zero-order valence-corrected chi connectivity index (χ0v) is 10.2. The number of hydrogen-bond acceptors (Lipinski definition) is 3. The summed E-state index contributed by atoms with van der Waals surface area (Å²) in [5.41, 5.74) is 10.8. The second-order valence-corrected chi connectivity index (χ2v) is 4.72. The first-order valence-electron chi connectivity index (χ1n) is 6.46. The molecule has 1 saturated carbocycles. The molecule has 16 heavy (non-hydrogen) atoms. The summed E-state index contributed by atoms with van der Waals surface area (Å²) < 4.78 is 0. The molecule has 0 aromatic rings. The fraction of sp³-hybridized carbons (Fsp3) is 0.917. The molecule has 0 saturated heterocycles. The predicted octanol–water partition coefficient (Wildman–Crippen LogP) is 0.845. The minimum absolute atomic E-state index is 0.221. The summed E-state index contributed by atoms with van der Waals surface area (Å²) in [7, 11) is 0. The van der Waals surface area contributed by atoms with Crippen molar-refractivity contribution in [1.82, 2.24) is 4.90 Å². The first-order valence-corrected chi connectivity index (χ1v) is 6.46. The topological polar surface area (TPSA) is 72.3 Å². The van der Waals surface area contributed by atoms with E-state index in [9.17, 15) is 4.79 Å². The molecule has 0 atom stereocenters. The Balaban J connectivity index is 2.46. The number of carbonyl (C=O) groups excluding carboxylic acids is 1. The van der Waals surface area contributed by atoms with E-state index in [1.54, 1.807) is 0 Å². The van der Waals surface area contributed by atoms with Crippen LogP contribution in [0.15, 0.2) is 0 Å². The lowest BCUT2D eigenvalue weighted by atomic mass is 10.1. The third kappa shape index (κ3) is 4.94. The maximum Gasteiger partial charge on any atom is 0.231 e. The molecule has 0 spiro atoms. The number of carbonyl (C=O) groups is 1. The van der Waals surface area contributed by atoms with E-state index in [4.69, 9.17) is 11.5 Å². The molecule has 0 bridgehead atoms. The van der Waals surface area contributed by atoms with Gasteiger partial charge in [-0.15, -0.1) is 0 Å². The van der Waals surface area contributed by atoms with Gasteiger partial charge in [-0.05, 0) is 25.8 Å². The van der Waals surface area contributed by atoms with E-state index in [-0.39, 0.29) is 5.91 Å². The summed E-state index contributed by atoms with van der Waals surface area (Å²) in [5, 5.41) is 0. The molecule has 1 aliphatic rings. The predicted molar refractivity (Wildman–Crippen MR) is 65.9 cm³/mol. The molecule has 0 aromatic heterocycles. The molecular weight excluding hydrogens is 202 g/mol. The van der Waals surface area contributed by atoms with Crippen LogP contribution >= 0.6 is 0 Å². The van der Waals surface area contributed by atoms with Gasteiger partial charge in [0.1, 0.15) is 0 Å². The zero-order valence-electron chi connectivity index (χ0n) is 10.2. The number of amides is 1. The highest BCUT2D eigenvalue weighted by Gasteiger charge is 2.20. The molecule has 0 heterocycles. The molecule has 1 fully saturated rings. The third-order valence-corrected chi connectivity index (χ3v) is 3.35. The molecule has 1 aliphatic carbocycles. The molecule has 4 heteroatoms. The van der Waals surface area contributed by atoms with E-state index in [1.165, 1.54) is 38.5 Å². The lowest BCUT2D eigenvalue weighted by molar-refractivity contribution is -0.119. The molecule has 0 unspecified atom stereocenters. The molecule has 0 aromatic carbocycles. The van der Waals surface area contributed by atoms with Gasteiger partial charge in [-0.2, -0.15) is 0 Å². The lowest BCUT2D eigenvalue weighted by Gasteiger charge is -2.29. The molecule has 4 nitrogen and oxygen atoms in total. The first kappa shape index (κ1) is 13.5. The van der Waals surface area contributed by atoms with Gasteiger partial charge < -0.3 is 11.5 Å². The number of nitrogens with two attached hydrogens (primary N) is 2. The third-order valence-electron chi connectivity index (χ3n) is 3.35. The maximum atomic E-state index is 11.1. The van der Waals surface area contributed by atoms with Gasteiger partial charge in [-0.25, -0.2) is 0 Å². The summed E-state index contributed by atoms with van der Waals surface area (Å²) in [6.07, 6.45) is 8.58. The van der Waals surface area contributed by atoms with E-state index >= 15 is 0 Å². The summed E-state index contributed by atoms with van der Waals surface area (Å²) in [6.45, 7) is 1.98. The van der Waals surface area contributed by atoms with Crippen molar-refractivity contribution < 1.29 is 4.79 Å². The van der Waals surface area contributed by atoms with Gasteiger partial charge in [-0.3, -0.25) is 9.69 Å². The lowest BCUT2D eigenvalue weighted by Crippen LogP contribution is -2.42. The van der Waals surface area contributed by atoms with Crippen molar-refractivity contribution in [2.45, 2.75) is 51.0 Å². The number of primary amides is 1. The summed E-state index contributed by atoms with van der Waals surface area (Å²) in [6, 6.07) is 0.543. The molecule has 1 amide bonds. The minimum atomic E-state index is -0.221. The van der Waals surface area contributed by atoms with Crippen molar-refractivity contribution in [3.05, 3.63) is 0 Å². The second kappa shape index (κ2) is 7.63.